The Morgan fingerprint density at radius 2 is 2.17 bits per heavy atom. The molecule has 0 spiro atoms. The van der Waals surface area contributed by atoms with E-state index in [2.05, 4.69) is 53.8 Å². The molecule has 7 heteroatoms. The standard InChI is InChI=1S/C11H6BrClIN3O/c12-6-1-2-8(14)7(5-6)10(18)16-9-3-4-15-11(13)17-9/h1-5H,(H,15,16,17,18). The molecule has 1 amide bonds. The largest absolute Gasteiger partial charge is 0.306 e. The van der Waals surface area contributed by atoms with Crippen molar-refractivity contribution >= 4 is 61.8 Å². The third-order valence-electron chi connectivity index (χ3n) is 2.04. The van der Waals surface area contributed by atoms with E-state index >= 15 is 0 Å². The molecule has 2 aromatic rings. The van der Waals surface area contributed by atoms with Crippen LogP contribution >= 0.6 is 50.1 Å². The molecule has 0 aliphatic heterocycles. The second-order valence-electron chi connectivity index (χ2n) is 3.29. The second-order valence-corrected chi connectivity index (χ2v) is 5.71. The molecular weight excluding hydrogens is 432 g/mol. The fourth-order valence-electron chi connectivity index (χ4n) is 1.26. The normalized spacial score (nSPS) is 10.2. The highest BCUT2D eigenvalue weighted by atomic mass is 127. The van der Waals surface area contributed by atoms with Crippen molar-refractivity contribution in [2.45, 2.75) is 0 Å². The minimum absolute atomic E-state index is 0.0942. The maximum Gasteiger partial charge on any atom is 0.257 e. The Morgan fingerprint density at radius 3 is 2.89 bits per heavy atom. The summed E-state index contributed by atoms with van der Waals surface area (Å²) in [7, 11) is 0. The van der Waals surface area contributed by atoms with Gasteiger partial charge >= 0.3 is 0 Å². The van der Waals surface area contributed by atoms with Crippen LogP contribution in [0.15, 0.2) is 34.9 Å². The Balaban J connectivity index is 2.24. The van der Waals surface area contributed by atoms with E-state index in [-0.39, 0.29) is 11.2 Å². The van der Waals surface area contributed by atoms with Crippen LogP contribution in [-0.4, -0.2) is 15.9 Å². The topological polar surface area (TPSA) is 54.9 Å². The molecule has 0 saturated carbocycles. The number of amides is 1. The molecule has 4 nitrogen and oxygen atoms in total. The Morgan fingerprint density at radius 1 is 1.39 bits per heavy atom. The van der Waals surface area contributed by atoms with E-state index in [4.69, 9.17) is 11.6 Å². The maximum atomic E-state index is 12.1. The number of hydrogen-bond acceptors (Lipinski definition) is 3. The lowest BCUT2D eigenvalue weighted by atomic mass is 10.2. The van der Waals surface area contributed by atoms with Gasteiger partial charge in [-0.1, -0.05) is 15.9 Å². The molecule has 1 aromatic heterocycles. The Hall–Kier alpha value is -0.730. The molecule has 0 radical (unpaired) electrons. The van der Waals surface area contributed by atoms with Gasteiger partial charge in [0.05, 0.1) is 5.56 Å². The van der Waals surface area contributed by atoms with E-state index in [0.717, 1.165) is 8.04 Å². The number of carbonyl (C=O) groups excluding carboxylic acids is 1. The fourth-order valence-corrected chi connectivity index (χ4v) is 2.35. The fraction of sp³-hybridized carbons (Fsp3) is 0. The van der Waals surface area contributed by atoms with Crippen LogP contribution in [-0.2, 0) is 0 Å². The van der Waals surface area contributed by atoms with Crippen molar-refractivity contribution in [2.75, 3.05) is 5.32 Å². The summed E-state index contributed by atoms with van der Waals surface area (Å²) < 4.78 is 1.70. The summed E-state index contributed by atoms with van der Waals surface area (Å²) in [5, 5.41) is 2.76. The molecule has 0 unspecified atom stereocenters. The van der Waals surface area contributed by atoms with Crippen LogP contribution in [0.1, 0.15) is 10.4 Å². The second kappa shape index (κ2) is 5.94. The highest BCUT2D eigenvalue weighted by molar-refractivity contribution is 14.1. The molecular formula is C11H6BrClIN3O. The molecule has 0 atom stereocenters. The van der Waals surface area contributed by atoms with Gasteiger partial charge in [-0.05, 0) is 58.5 Å². The van der Waals surface area contributed by atoms with E-state index in [9.17, 15) is 4.79 Å². The summed E-state index contributed by atoms with van der Waals surface area (Å²) in [6, 6.07) is 7.06. The van der Waals surface area contributed by atoms with Crippen molar-refractivity contribution < 1.29 is 4.79 Å². The van der Waals surface area contributed by atoms with Crippen molar-refractivity contribution in [3.63, 3.8) is 0 Å². The summed E-state index contributed by atoms with van der Waals surface area (Å²) in [5.41, 5.74) is 0.569. The number of carbonyl (C=O) groups is 1. The van der Waals surface area contributed by atoms with Crippen molar-refractivity contribution in [3.8, 4) is 0 Å². The summed E-state index contributed by atoms with van der Waals surface area (Å²) in [6.45, 7) is 0. The molecule has 0 aliphatic rings. The van der Waals surface area contributed by atoms with Crippen molar-refractivity contribution in [2.24, 2.45) is 0 Å². The van der Waals surface area contributed by atoms with Crippen LogP contribution in [0.5, 0.6) is 0 Å². The summed E-state index contributed by atoms with van der Waals surface area (Å²) in [6.07, 6.45) is 1.48. The predicted octanol–water partition coefficient (Wildman–Crippen LogP) is 3.75. The summed E-state index contributed by atoms with van der Waals surface area (Å²) in [5.74, 6) is 0.131. The molecule has 0 saturated heterocycles. The van der Waals surface area contributed by atoms with E-state index in [1.807, 2.05) is 12.1 Å². The first-order chi connectivity index (χ1) is 8.56. The van der Waals surface area contributed by atoms with Crippen LogP contribution in [0.4, 0.5) is 5.82 Å². The maximum absolute atomic E-state index is 12.1. The SMILES string of the molecule is O=C(Nc1ccnc(Cl)n1)c1cc(Br)ccc1I. The number of hydrogen-bond donors (Lipinski definition) is 1. The van der Waals surface area contributed by atoms with Gasteiger partial charge in [0.1, 0.15) is 5.82 Å². The Labute approximate surface area is 130 Å². The molecule has 1 N–H and O–H groups in total. The average molecular weight is 438 g/mol. The van der Waals surface area contributed by atoms with Gasteiger partial charge in [0, 0.05) is 14.2 Å². The van der Waals surface area contributed by atoms with Crippen LogP contribution in [0.2, 0.25) is 5.28 Å². The first-order valence-electron chi connectivity index (χ1n) is 4.81. The summed E-state index contributed by atoms with van der Waals surface area (Å²) in [4.78, 5) is 19.7. The zero-order chi connectivity index (χ0) is 13.1. The first-order valence-corrected chi connectivity index (χ1v) is 7.06. The predicted molar refractivity (Wildman–Crippen MR) is 81.9 cm³/mol. The lowest BCUT2D eigenvalue weighted by Crippen LogP contribution is -2.14. The lowest BCUT2D eigenvalue weighted by molar-refractivity contribution is 0.102. The molecule has 18 heavy (non-hydrogen) atoms. The lowest BCUT2D eigenvalue weighted by Gasteiger charge is -2.06. The van der Waals surface area contributed by atoms with Gasteiger partial charge in [-0.3, -0.25) is 4.79 Å². The molecule has 92 valence electrons. The van der Waals surface area contributed by atoms with Gasteiger partial charge in [0.15, 0.2) is 0 Å². The van der Waals surface area contributed by atoms with E-state index < -0.39 is 0 Å². The van der Waals surface area contributed by atoms with Crippen LogP contribution in [0.3, 0.4) is 0 Å². The van der Waals surface area contributed by atoms with Crippen LogP contribution < -0.4 is 5.32 Å². The van der Waals surface area contributed by atoms with Gasteiger partial charge < -0.3 is 5.32 Å². The van der Waals surface area contributed by atoms with Crippen molar-refractivity contribution in [1.82, 2.24) is 9.97 Å². The van der Waals surface area contributed by atoms with Gasteiger partial charge in [-0.15, -0.1) is 0 Å². The zero-order valence-electron chi connectivity index (χ0n) is 8.82. The van der Waals surface area contributed by atoms with Crippen LogP contribution in [0, 0.1) is 3.57 Å². The Bertz CT molecular complexity index is 609. The quantitative estimate of drug-likeness (QED) is 0.574. The minimum atomic E-state index is -0.240. The number of halogens is 3. The number of benzene rings is 1. The highest BCUT2D eigenvalue weighted by Crippen LogP contribution is 2.19. The monoisotopic (exact) mass is 437 g/mol. The van der Waals surface area contributed by atoms with Crippen molar-refractivity contribution in [1.29, 1.82) is 0 Å². The van der Waals surface area contributed by atoms with Gasteiger partial charge in [-0.25, -0.2) is 9.97 Å². The van der Waals surface area contributed by atoms with E-state index in [1.165, 1.54) is 6.20 Å². The molecule has 0 bridgehead atoms. The Kier molecular flexibility index (Phi) is 4.52. The third-order valence-corrected chi connectivity index (χ3v) is 3.66. The minimum Gasteiger partial charge on any atom is -0.306 e. The molecule has 0 aliphatic carbocycles. The zero-order valence-corrected chi connectivity index (χ0v) is 13.3. The first kappa shape index (κ1) is 13.7. The van der Waals surface area contributed by atoms with Crippen molar-refractivity contribution in [3.05, 3.63) is 49.4 Å². The number of anilines is 1. The molecule has 2 rings (SSSR count). The smallest absolute Gasteiger partial charge is 0.257 e. The number of nitrogens with zero attached hydrogens (tertiary/aromatic N) is 2. The van der Waals surface area contributed by atoms with Gasteiger partial charge in [0.25, 0.3) is 5.91 Å². The van der Waals surface area contributed by atoms with E-state index in [0.29, 0.717) is 11.4 Å². The molecule has 0 fully saturated rings. The number of aromatic nitrogens is 2. The number of rotatable bonds is 2. The average Bonchev–Trinajstić information content (AvgIpc) is 2.32. The number of nitrogens with one attached hydrogen (secondary N) is 1. The molecule has 1 heterocycles. The van der Waals surface area contributed by atoms with E-state index in [1.54, 1.807) is 12.1 Å². The van der Waals surface area contributed by atoms with Gasteiger partial charge in [-0.2, -0.15) is 0 Å². The highest BCUT2D eigenvalue weighted by Gasteiger charge is 2.11. The molecule has 1 aromatic carbocycles. The van der Waals surface area contributed by atoms with Gasteiger partial charge in [0.2, 0.25) is 5.28 Å². The van der Waals surface area contributed by atoms with Crippen LogP contribution in [0.25, 0.3) is 0 Å². The third kappa shape index (κ3) is 3.39. The summed E-state index contributed by atoms with van der Waals surface area (Å²) >= 11 is 11.1.